The first-order valence-electron chi connectivity index (χ1n) is 10.3. The molecule has 3 aliphatic rings. The summed E-state index contributed by atoms with van der Waals surface area (Å²) in [5.74, 6) is 0. The number of hydrogen-bond donors (Lipinski definition) is 1. The van der Waals surface area contributed by atoms with Crippen LogP contribution in [0.4, 0.5) is 0 Å². The van der Waals surface area contributed by atoms with E-state index in [0.29, 0.717) is 0 Å². The van der Waals surface area contributed by atoms with E-state index in [2.05, 4.69) is 53.8 Å². The molecular weight excluding hydrogens is 302 g/mol. The molecule has 0 aliphatic carbocycles. The Morgan fingerprint density at radius 2 is 0.960 bits per heavy atom. The van der Waals surface area contributed by atoms with E-state index in [-0.39, 0.29) is 11.1 Å². The van der Waals surface area contributed by atoms with Gasteiger partial charge in [-0.15, -0.1) is 0 Å². The molecular formula is C24H29N. The Hall–Kier alpha value is -1.60. The van der Waals surface area contributed by atoms with E-state index in [0.717, 1.165) is 0 Å². The minimum absolute atomic E-state index is 0.181. The van der Waals surface area contributed by atoms with Crippen LogP contribution in [0.2, 0.25) is 0 Å². The summed E-state index contributed by atoms with van der Waals surface area (Å²) in [5, 5.41) is 4.29. The van der Waals surface area contributed by atoms with E-state index in [1.807, 2.05) is 0 Å². The monoisotopic (exact) mass is 331 g/mol. The maximum absolute atomic E-state index is 4.29. The minimum Gasteiger partial charge on any atom is -0.298 e. The number of hydrogen-bond acceptors (Lipinski definition) is 1. The van der Waals surface area contributed by atoms with Gasteiger partial charge in [-0.1, -0.05) is 87.1 Å². The third-order valence-electron chi connectivity index (χ3n) is 7.09. The standard InChI is InChI=1S/C24H29N/c1-2-4-10-16-24-18-17-23(25-24,15-9-3-1)21-13-7-5-11-19(21)20-12-6-8-14-22(20)24/h5-8,11-14,25H,1-4,9-10,15-18H2/t23-,24?/m0/s1. The van der Waals surface area contributed by atoms with Crippen LogP contribution >= 0.6 is 0 Å². The molecule has 25 heavy (non-hydrogen) atoms. The maximum atomic E-state index is 4.29. The highest BCUT2D eigenvalue weighted by atomic mass is 15.1. The van der Waals surface area contributed by atoms with Crippen LogP contribution in [0.15, 0.2) is 48.5 Å². The van der Waals surface area contributed by atoms with E-state index in [4.69, 9.17) is 0 Å². The predicted octanol–water partition coefficient (Wildman–Crippen LogP) is 6.28. The Morgan fingerprint density at radius 3 is 1.48 bits per heavy atom. The van der Waals surface area contributed by atoms with Crippen molar-refractivity contribution in [3.63, 3.8) is 0 Å². The summed E-state index contributed by atoms with van der Waals surface area (Å²) in [7, 11) is 0. The number of nitrogens with one attached hydrogen (secondary N) is 1. The van der Waals surface area contributed by atoms with Gasteiger partial charge < -0.3 is 0 Å². The molecule has 1 unspecified atom stereocenters. The Labute approximate surface area is 151 Å². The van der Waals surface area contributed by atoms with Crippen molar-refractivity contribution in [2.75, 3.05) is 0 Å². The first kappa shape index (κ1) is 15.6. The Balaban J connectivity index is 1.74. The number of benzene rings is 2. The highest BCUT2D eigenvalue weighted by Gasteiger charge is 2.51. The molecule has 5 rings (SSSR count). The normalized spacial score (nSPS) is 31.4. The molecule has 2 aromatic rings. The molecule has 3 aliphatic heterocycles. The van der Waals surface area contributed by atoms with E-state index < -0.39 is 0 Å². The fourth-order valence-electron chi connectivity index (χ4n) is 5.89. The molecule has 2 aromatic carbocycles. The van der Waals surface area contributed by atoms with Crippen LogP contribution in [-0.2, 0) is 11.1 Å². The Bertz CT molecular complexity index is 714. The topological polar surface area (TPSA) is 12.0 Å². The molecule has 2 fully saturated rings. The molecule has 1 heteroatoms. The van der Waals surface area contributed by atoms with Crippen LogP contribution in [-0.4, -0.2) is 0 Å². The van der Waals surface area contributed by atoms with Gasteiger partial charge >= 0.3 is 0 Å². The van der Waals surface area contributed by atoms with E-state index in [9.17, 15) is 0 Å². The lowest BCUT2D eigenvalue weighted by atomic mass is 9.75. The van der Waals surface area contributed by atoms with Crippen molar-refractivity contribution < 1.29 is 0 Å². The Morgan fingerprint density at radius 1 is 0.520 bits per heavy atom. The quantitative estimate of drug-likeness (QED) is 0.599. The Kier molecular flexibility index (Phi) is 3.74. The molecule has 0 amide bonds. The number of rotatable bonds is 0. The highest BCUT2D eigenvalue weighted by Crippen LogP contribution is 2.55. The summed E-state index contributed by atoms with van der Waals surface area (Å²) >= 11 is 0. The van der Waals surface area contributed by atoms with Gasteiger partial charge in [0.15, 0.2) is 0 Å². The van der Waals surface area contributed by atoms with Crippen molar-refractivity contribution in [1.82, 2.24) is 5.32 Å². The van der Waals surface area contributed by atoms with Crippen molar-refractivity contribution in [2.45, 2.75) is 75.3 Å². The second-order valence-electron chi connectivity index (χ2n) is 8.50. The largest absolute Gasteiger partial charge is 0.298 e. The zero-order valence-corrected chi connectivity index (χ0v) is 15.2. The molecule has 2 atom stereocenters. The summed E-state index contributed by atoms with van der Waals surface area (Å²) < 4.78 is 0. The third kappa shape index (κ3) is 2.39. The molecule has 2 bridgehead atoms. The fraction of sp³-hybridized carbons (Fsp3) is 0.500. The summed E-state index contributed by atoms with van der Waals surface area (Å²) in [4.78, 5) is 0. The summed E-state index contributed by atoms with van der Waals surface area (Å²) in [5.41, 5.74) is 6.43. The predicted molar refractivity (Wildman–Crippen MR) is 105 cm³/mol. The molecule has 0 radical (unpaired) electrons. The smallest absolute Gasteiger partial charge is 0.0448 e. The van der Waals surface area contributed by atoms with Crippen molar-refractivity contribution in [3.05, 3.63) is 59.7 Å². The first-order chi connectivity index (χ1) is 12.3. The average molecular weight is 332 g/mol. The summed E-state index contributed by atoms with van der Waals surface area (Å²) in [6, 6.07) is 18.5. The minimum atomic E-state index is 0.181. The zero-order chi connectivity index (χ0) is 16.7. The third-order valence-corrected chi connectivity index (χ3v) is 7.09. The lowest BCUT2D eigenvalue weighted by molar-refractivity contribution is 0.267. The van der Waals surface area contributed by atoms with Crippen LogP contribution in [0.1, 0.15) is 75.3 Å². The van der Waals surface area contributed by atoms with Crippen molar-refractivity contribution >= 4 is 0 Å². The van der Waals surface area contributed by atoms with E-state index in [1.165, 1.54) is 75.3 Å². The SMILES string of the molecule is c1ccc2c(c1)-c1ccccc1[C@]13CCCCCCCCC2(CC1)N3. The van der Waals surface area contributed by atoms with E-state index >= 15 is 0 Å². The van der Waals surface area contributed by atoms with Crippen LogP contribution < -0.4 is 5.32 Å². The zero-order valence-electron chi connectivity index (χ0n) is 15.2. The van der Waals surface area contributed by atoms with Gasteiger partial charge in [0, 0.05) is 11.1 Å². The summed E-state index contributed by atoms with van der Waals surface area (Å²) in [6.45, 7) is 0. The molecule has 0 saturated carbocycles. The van der Waals surface area contributed by atoms with Crippen LogP contribution in [0.3, 0.4) is 0 Å². The first-order valence-corrected chi connectivity index (χ1v) is 10.3. The molecule has 1 N–H and O–H groups in total. The summed E-state index contributed by atoms with van der Waals surface area (Å²) in [6.07, 6.45) is 13.5. The van der Waals surface area contributed by atoms with E-state index in [1.54, 1.807) is 11.1 Å². The number of fused-ring (bicyclic) bond motifs is 3. The highest BCUT2D eigenvalue weighted by molar-refractivity contribution is 5.75. The van der Waals surface area contributed by atoms with Crippen LogP contribution in [0.25, 0.3) is 11.1 Å². The van der Waals surface area contributed by atoms with Gasteiger partial charge in [0.25, 0.3) is 0 Å². The fourth-order valence-corrected chi connectivity index (χ4v) is 5.89. The van der Waals surface area contributed by atoms with Gasteiger partial charge in [-0.05, 0) is 47.9 Å². The van der Waals surface area contributed by atoms with Gasteiger partial charge in [0.1, 0.15) is 0 Å². The second-order valence-corrected chi connectivity index (χ2v) is 8.50. The van der Waals surface area contributed by atoms with Gasteiger partial charge in [-0.25, -0.2) is 0 Å². The lowest BCUT2D eigenvalue weighted by Crippen LogP contribution is -2.46. The van der Waals surface area contributed by atoms with Crippen molar-refractivity contribution in [3.8, 4) is 11.1 Å². The molecule has 2 saturated heterocycles. The molecule has 1 nitrogen and oxygen atoms in total. The lowest BCUT2D eigenvalue weighted by Gasteiger charge is -2.36. The van der Waals surface area contributed by atoms with Gasteiger partial charge in [0.2, 0.25) is 0 Å². The van der Waals surface area contributed by atoms with Crippen molar-refractivity contribution in [2.24, 2.45) is 0 Å². The van der Waals surface area contributed by atoms with Gasteiger partial charge in [0.05, 0.1) is 0 Å². The van der Waals surface area contributed by atoms with Crippen LogP contribution in [0.5, 0.6) is 0 Å². The van der Waals surface area contributed by atoms with Gasteiger partial charge in [-0.2, -0.15) is 0 Å². The molecule has 0 aromatic heterocycles. The van der Waals surface area contributed by atoms with Gasteiger partial charge in [-0.3, -0.25) is 5.32 Å². The average Bonchev–Trinajstić information content (AvgIpc) is 2.98. The van der Waals surface area contributed by atoms with Crippen molar-refractivity contribution in [1.29, 1.82) is 0 Å². The molecule has 0 spiro atoms. The van der Waals surface area contributed by atoms with Crippen LogP contribution in [0, 0.1) is 0 Å². The second kappa shape index (κ2) is 5.99. The maximum Gasteiger partial charge on any atom is 0.0448 e. The molecule has 3 heterocycles. The molecule has 130 valence electrons.